The Balaban J connectivity index is 1.17. The highest BCUT2D eigenvalue weighted by molar-refractivity contribution is 5.83. The summed E-state index contributed by atoms with van der Waals surface area (Å²) in [5.74, 6) is -0.549. The summed E-state index contributed by atoms with van der Waals surface area (Å²) < 4.78 is 18.5. The van der Waals surface area contributed by atoms with Gasteiger partial charge in [0.2, 0.25) is 0 Å². The van der Waals surface area contributed by atoms with Crippen LogP contribution in [0.3, 0.4) is 0 Å². The number of urea groups is 1. The summed E-state index contributed by atoms with van der Waals surface area (Å²) in [7, 11) is 3.32. The van der Waals surface area contributed by atoms with Crippen molar-refractivity contribution in [2.45, 2.75) is 70.1 Å². The molecule has 1 aliphatic rings. The maximum Gasteiger partial charge on any atom is 0.328 e. The lowest BCUT2D eigenvalue weighted by atomic mass is 9.89. The van der Waals surface area contributed by atoms with Gasteiger partial charge in [0.1, 0.15) is 6.04 Å². The fraction of sp³-hybridized carbons (Fsp3) is 0.319. The smallest absolute Gasteiger partial charge is 0.328 e. The van der Waals surface area contributed by atoms with E-state index in [9.17, 15) is 19.8 Å². The Morgan fingerprint density at radius 3 is 2.12 bits per heavy atom. The molecule has 6 rings (SSSR count). The van der Waals surface area contributed by atoms with E-state index in [1.807, 2.05) is 141 Å². The van der Waals surface area contributed by atoms with Gasteiger partial charge >= 0.3 is 12.0 Å². The molecule has 0 saturated carbocycles. The molecule has 4 N–H and O–H groups in total. The third kappa shape index (κ3) is 10.7. The van der Waals surface area contributed by atoms with Crippen LogP contribution in [-0.4, -0.2) is 66.0 Å². The number of rotatable bonds is 15. The van der Waals surface area contributed by atoms with Gasteiger partial charge in [-0.05, 0) is 65.0 Å². The number of likely N-dealkylation sites (N-methyl/N-ethyl adjacent to an activating group) is 1. The lowest BCUT2D eigenvalue weighted by Crippen LogP contribution is -2.47. The molecule has 0 spiro atoms. The van der Waals surface area contributed by atoms with Crippen molar-refractivity contribution in [3.05, 3.63) is 167 Å². The summed E-state index contributed by atoms with van der Waals surface area (Å²) in [6, 6.07) is 41.5. The molecule has 0 aromatic heterocycles. The molecule has 0 bridgehead atoms. The third-order valence-corrected chi connectivity index (χ3v) is 10.8. The summed E-state index contributed by atoms with van der Waals surface area (Å²) in [5, 5.41) is 26.5. The molecule has 0 radical (unpaired) electrons. The van der Waals surface area contributed by atoms with Gasteiger partial charge in [0.25, 0.3) is 0 Å². The number of benzene rings is 5. The number of amides is 2. The maximum atomic E-state index is 12.9. The minimum atomic E-state index is -0.831. The first-order chi connectivity index (χ1) is 27.6. The normalized spacial score (nSPS) is 19.6. The van der Waals surface area contributed by atoms with Crippen molar-refractivity contribution in [3.63, 3.8) is 0 Å². The molecule has 10 heteroatoms. The average Bonchev–Trinajstić information content (AvgIpc) is 3.26. The Morgan fingerprint density at radius 2 is 1.44 bits per heavy atom. The van der Waals surface area contributed by atoms with Crippen LogP contribution in [0.25, 0.3) is 11.1 Å². The van der Waals surface area contributed by atoms with E-state index in [-0.39, 0.29) is 37.3 Å². The number of hydrogen-bond donors (Lipinski definition) is 4. The number of esters is 1. The van der Waals surface area contributed by atoms with Gasteiger partial charge in [-0.3, -0.25) is 4.90 Å². The van der Waals surface area contributed by atoms with Crippen LogP contribution >= 0.6 is 0 Å². The molecule has 0 aliphatic carbocycles. The lowest BCUT2D eigenvalue weighted by molar-refractivity contribution is -0.276. The number of nitrogens with one attached hydrogen (secondary N) is 2. The van der Waals surface area contributed by atoms with E-state index < -0.39 is 30.4 Å². The van der Waals surface area contributed by atoms with Crippen LogP contribution in [0.15, 0.2) is 133 Å². The number of aliphatic hydroxyl groups is 2. The topological polar surface area (TPSA) is 130 Å². The summed E-state index contributed by atoms with van der Waals surface area (Å²) in [6.45, 7) is 4.92. The summed E-state index contributed by atoms with van der Waals surface area (Å²) >= 11 is 0. The number of methoxy groups -OCH3 is 1. The van der Waals surface area contributed by atoms with Gasteiger partial charge in [0.15, 0.2) is 6.29 Å². The number of hydrogen-bond acceptors (Lipinski definition) is 8. The Labute approximate surface area is 335 Å². The van der Waals surface area contributed by atoms with Crippen LogP contribution in [0.1, 0.15) is 65.7 Å². The molecule has 298 valence electrons. The summed E-state index contributed by atoms with van der Waals surface area (Å²) in [5.41, 5.74) is 7.24. The Hall–Kier alpha value is -5.36. The molecule has 5 aromatic rings. The van der Waals surface area contributed by atoms with Gasteiger partial charge in [-0.15, -0.1) is 0 Å². The van der Waals surface area contributed by atoms with Crippen LogP contribution < -0.4 is 10.6 Å². The minimum absolute atomic E-state index is 0.0319. The van der Waals surface area contributed by atoms with Crippen LogP contribution in [0.4, 0.5) is 4.79 Å². The van der Waals surface area contributed by atoms with Gasteiger partial charge in [-0.2, -0.15) is 0 Å². The highest BCUT2D eigenvalue weighted by Crippen LogP contribution is 2.42. The van der Waals surface area contributed by atoms with Crippen LogP contribution in [0.5, 0.6) is 0 Å². The molecular weight excluding hydrogens is 719 g/mol. The van der Waals surface area contributed by atoms with Crippen molar-refractivity contribution in [2.75, 3.05) is 20.7 Å². The molecule has 2 amide bonds. The average molecular weight is 772 g/mol. The third-order valence-electron chi connectivity index (χ3n) is 10.8. The highest BCUT2D eigenvalue weighted by atomic mass is 16.7. The number of carbonyl (C=O) groups is 2. The van der Waals surface area contributed by atoms with E-state index >= 15 is 0 Å². The largest absolute Gasteiger partial charge is 0.467 e. The zero-order valence-electron chi connectivity index (χ0n) is 33.0. The Kier molecular flexibility index (Phi) is 14.2. The van der Waals surface area contributed by atoms with E-state index in [0.717, 1.165) is 44.5 Å². The fourth-order valence-electron chi connectivity index (χ4n) is 7.25. The Bertz CT molecular complexity index is 2050. The predicted molar refractivity (Wildman–Crippen MR) is 220 cm³/mol. The van der Waals surface area contributed by atoms with E-state index in [0.29, 0.717) is 13.0 Å². The van der Waals surface area contributed by atoms with Crippen molar-refractivity contribution < 1.29 is 34.0 Å². The molecule has 5 aromatic carbocycles. The van der Waals surface area contributed by atoms with Gasteiger partial charge in [-0.25, -0.2) is 9.59 Å². The second-order valence-corrected chi connectivity index (χ2v) is 14.8. The molecule has 1 aliphatic heterocycles. The van der Waals surface area contributed by atoms with Crippen LogP contribution in [0.2, 0.25) is 0 Å². The molecular formula is C47H53N3O7. The fourth-order valence-corrected chi connectivity index (χ4v) is 7.25. The number of aliphatic hydroxyl groups excluding tert-OH is 2. The second-order valence-electron chi connectivity index (χ2n) is 14.8. The Morgan fingerprint density at radius 1 is 0.789 bits per heavy atom. The highest BCUT2D eigenvalue weighted by Gasteiger charge is 2.39. The summed E-state index contributed by atoms with van der Waals surface area (Å²) in [6.07, 6.45) is -1.57. The molecule has 1 saturated heterocycles. The number of nitrogens with zero attached hydrogens (tertiary/aromatic N) is 1. The quantitative estimate of drug-likeness (QED) is 0.0819. The first-order valence-electron chi connectivity index (χ1n) is 19.4. The van der Waals surface area contributed by atoms with E-state index in [2.05, 4.69) is 28.5 Å². The molecule has 0 unspecified atom stereocenters. The summed E-state index contributed by atoms with van der Waals surface area (Å²) in [4.78, 5) is 27.5. The standard InChI is InChI=1S/C47H53N3O7/c1-31-42(29-50(3)32(2)43(52)36-16-9-6-10-17-36)56-46(57-44(31)37-23-21-34(30-51)22-24-37)40-20-12-19-39(27-40)38-18-11-15-35(25-38)28-48-47(54)49-41(45(53)55-4)26-33-13-7-5-8-14-33/h5-25,27,31-32,41-44,46,51-52H,26,28-30H2,1-4H3,(H2,48,49,54)/t31-,32+,41-,42+,43+,44+,46+/m0/s1. The molecule has 57 heavy (non-hydrogen) atoms. The van der Waals surface area contributed by atoms with E-state index in [1.165, 1.54) is 7.11 Å². The number of carbonyl (C=O) groups excluding carboxylic acids is 2. The van der Waals surface area contributed by atoms with Crippen molar-refractivity contribution in [1.82, 2.24) is 15.5 Å². The van der Waals surface area contributed by atoms with Gasteiger partial charge in [0.05, 0.1) is 32.0 Å². The van der Waals surface area contributed by atoms with Crippen molar-refractivity contribution in [1.29, 1.82) is 0 Å². The van der Waals surface area contributed by atoms with Gasteiger partial charge < -0.3 is 35.1 Å². The molecule has 10 nitrogen and oxygen atoms in total. The first-order valence-corrected chi connectivity index (χ1v) is 19.4. The van der Waals surface area contributed by atoms with Gasteiger partial charge in [-0.1, -0.05) is 128 Å². The minimum Gasteiger partial charge on any atom is -0.467 e. The molecule has 7 atom stereocenters. The van der Waals surface area contributed by atoms with Gasteiger partial charge in [0, 0.05) is 37.0 Å². The van der Waals surface area contributed by atoms with E-state index in [1.54, 1.807) is 0 Å². The van der Waals surface area contributed by atoms with Crippen LogP contribution in [-0.2, 0) is 38.6 Å². The lowest BCUT2D eigenvalue weighted by Gasteiger charge is -2.43. The van der Waals surface area contributed by atoms with Crippen molar-refractivity contribution in [2.24, 2.45) is 5.92 Å². The monoisotopic (exact) mass is 771 g/mol. The predicted octanol–water partition coefficient (Wildman–Crippen LogP) is 7.27. The second kappa shape index (κ2) is 19.7. The van der Waals surface area contributed by atoms with Crippen molar-refractivity contribution in [3.8, 4) is 11.1 Å². The van der Waals surface area contributed by atoms with Crippen LogP contribution in [0, 0.1) is 5.92 Å². The zero-order chi connectivity index (χ0) is 40.3. The molecule has 1 heterocycles. The first kappa shape index (κ1) is 41.3. The van der Waals surface area contributed by atoms with E-state index in [4.69, 9.17) is 14.2 Å². The number of ether oxygens (including phenoxy) is 3. The SMILES string of the molecule is COC(=O)[C@H](Cc1ccccc1)NC(=O)NCc1cccc(-c2cccc([C@@H]3O[C@H](CN(C)[C@H](C)[C@@H](O)c4ccccc4)[C@H](C)[C@H](c4ccc(CO)cc4)O3)c2)c1. The maximum absolute atomic E-state index is 12.9. The van der Waals surface area contributed by atoms with Crippen molar-refractivity contribution >= 4 is 12.0 Å². The molecule has 1 fully saturated rings. The zero-order valence-corrected chi connectivity index (χ0v) is 33.0.